The van der Waals surface area contributed by atoms with Gasteiger partial charge in [-0.25, -0.2) is 0 Å². The third kappa shape index (κ3) is 2.31. The van der Waals surface area contributed by atoms with E-state index in [1.807, 2.05) is 0 Å². The Labute approximate surface area is 105 Å². The van der Waals surface area contributed by atoms with Crippen molar-refractivity contribution in [1.29, 1.82) is 0 Å². The largest absolute Gasteiger partial charge is 0.417 e. The molecule has 1 aliphatic rings. The predicted molar refractivity (Wildman–Crippen MR) is 59.7 cm³/mol. The number of hydrogen-bond acceptors (Lipinski definition) is 1. The molecule has 0 N–H and O–H groups in total. The Hall–Kier alpha value is -1.04. The van der Waals surface area contributed by atoms with Gasteiger partial charge in [0.2, 0.25) is 0 Å². The average molecular weight is 308 g/mol. The summed E-state index contributed by atoms with van der Waals surface area (Å²) < 4.78 is 37.7. The molecule has 1 aromatic rings. The highest BCUT2D eigenvalue weighted by Gasteiger charge is 2.35. The molecule has 0 unspecified atom stereocenters. The van der Waals surface area contributed by atoms with Crippen LogP contribution in [-0.2, 0) is 6.18 Å². The number of amides is 1. The van der Waals surface area contributed by atoms with Gasteiger partial charge in [-0.05, 0) is 34.5 Å². The van der Waals surface area contributed by atoms with E-state index in [0.717, 1.165) is 12.5 Å². The number of halogens is 4. The minimum absolute atomic E-state index is 0.0690. The lowest BCUT2D eigenvalue weighted by molar-refractivity contribution is -0.138. The summed E-state index contributed by atoms with van der Waals surface area (Å²) in [6.45, 7) is 1.23. The number of hydrogen-bond donors (Lipinski definition) is 0. The Morgan fingerprint density at radius 2 is 1.94 bits per heavy atom. The monoisotopic (exact) mass is 307 g/mol. The summed E-state index contributed by atoms with van der Waals surface area (Å²) in [6, 6.07) is 3.61. The van der Waals surface area contributed by atoms with Crippen molar-refractivity contribution in [2.75, 3.05) is 13.1 Å². The minimum atomic E-state index is -4.45. The summed E-state index contributed by atoms with van der Waals surface area (Å²) in [6.07, 6.45) is -3.55. The second-order valence-electron chi connectivity index (χ2n) is 3.81. The molecule has 0 bridgehead atoms. The quantitative estimate of drug-likeness (QED) is 0.779. The number of carbonyl (C=O) groups excluding carboxylic acids is 1. The molecule has 6 heteroatoms. The highest BCUT2D eigenvalue weighted by atomic mass is 79.9. The van der Waals surface area contributed by atoms with Crippen LogP contribution in [0.5, 0.6) is 0 Å². The fourth-order valence-corrected chi connectivity index (χ4v) is 2.26. The third-order valence-electron chi connectivity index (χ3n) is 2.68. The summed E-state index contributed by atoms with van der Waals surface area (Å²) in [5, 5.41) is 0. The molecule has 1 saturated heterocycles. The van der Waals surface area contributed by atoms with Gasteiger partial charge in [0.15, 0.2) is 0 Å². The molecule has 1 fully saturated rings. The first kappa shape index (κ1) is 12.4. The van der Waals surface area contributed by atoms with Crippen molar-refractivity contribution in [2.24, 2.45) is 0 Å². The normalized spacial score (nSPS) is 15.6. The van der Waals surface area contributed by atoms with Gasteiger partial charge in [0, 0.05) is 17.6 Å². The van der Waals surface area contributed by atoms with Crippen LogP contribution in [0.4, 0.5) is 13.2 Å². The predicted octanol–water partition coefficient (Wildman–Crippen LogP) is 3.31. The van der Waals surface area contributed by atoms with Gasteiger partial charge >= 0.3 is 6.18 Å². The molecule has 17 heavy (non-hydrogen) atoms. The van der Waals surface area contributed by atoms with Crippen molar-refractivity contribution in [3.63, 3.8) is 0 Å². The lowest BCUT2D eigenvalue weighted by atomic mass is 10.1. The van der Waals surface area contributed by atoms with Crippen LogP contribution in [-0.4, -0.2) is 23.9 Å². The lowest BCUT2D eigenvalue weighted by Crippen LogP contribution is -2.42. The molecule has 0 atom stereocenters. The molecule has 1 amide bonds. The van der Waals surface area contributed by atoms with Crippen LogP contribution in [0.15, 0.2) is 22.7 Å². The number of rotatable bonds is 1. The standard InChI is InChI=1S/C11H9BrF3NO/c12-9-7(10(17)16-5-2-6-16)3-1-4-8(9)11(13,14)15/h1,3-4H,2,5-6H2. The lowest BCUT2D eigenvalue weighted by Gasteiger charge is -2.31. The summed E-state index contributed by atoms with van der Waals surface area (Å²) in [7, 11) is 0. The van der Waals surface area contributed by atoms with E-state index in [2.05, 4.69) is 15.9 Å². The van der Waals surface area contributed by atoms with Crippen molar-refractivity contribution in [3.05, 3.63) is 33.8 Å². The Kier molecular flexibility index (Phi) is 3.16. The van der Waals surface area contributed by atoms with Crippen LogP contribution in [0.2, 0.25) is 0 Å². The Morgan fingerprint density at radius 1 is 1.29 bits per heavy atom. The van der Waals surface area contributed by atoms with Gasteiger partial charge in [-0.15, -0.1) is 0 Å². The van der Waals surface area contributed by atoms with Gasteiger partial charge in [-0.3, -0.25) is 4.79 Å². The molecule has 0 radical (unpaired) electrons. The maximum absolute atomic E-state index is 12.6. The maximum Gasteiger partial charge on any atom is 0.417 e. The number of nitrogens with zero attached hydrogens (tertiary/aromatic N) is 1. The first-order valence-corrected chi connectivity index (χ1v) is 5.85. The summed E-state index contributed by atoms with van der Waals surface area (Å²) >= 11 is 2.87. The molecule has 1 aromatic carbocycles. The van der Waals surface area contributed by atoms with Gasteiger partial charge in [0.1, 0.15) is 0 Å². The van der Waals surface area contributed by atoms with Crippen LogP contribution in [0.25, 0.3) is 0 Å². The SMILES string of the molecule is O=C(c1cccc(C(F)(F)F)c1Br)N1CCC1. The van der Waals surface area contributed by atoms with Crippen LogP contribution in [0.3, 0.4) is 0 Å². The highest BCUT2D eigenvalue weighted by molar-refractivity contribution is 9.10. The Morgan fingerprint density at radius 3 is 2.41 bits per heavy atom. The van der Waals surface area contributed by atoms with Crippen LogP contribution >= 0.6 is 15.9 Å². The van der Waals surface area contributed by atoms with E-state index < -0.39 is 11.7 Å². The van der Waals surface area contributed by atoms with Gasteiger partial charge in [0.05, 0.1) is 11.1 Å². The zero-order valence-electron chi connectivity index (χ0n) is 8.72. The molecule has 0 aromatic heterocycles. The van der Waals surface area contributed by atoms with Crippen molar-refractivity contribution in [1.82, 2.24) is 4.90 Å². The Bertz CT molecular complexity index is 455. The second-order valence-corrected chi connectivity index (χ2v) is 4.60. The first-order chi connectivity index (χ1) is 7.91. The summed E-state index contributed by atoms with van der Waals surface area (Å²) in [5.41, 5.74) is -0.747. The van der Waals surface area contributed by atoms with Crippen LogP contribution < -0.4 is 0 Å². The van der Waals surface area contributed by atoms with Crippen LogP contribution in [0.1, 0.15) is 22.3 Å². The highest BCUT2D eigenvalue weighted by Crippen LogP contribution is 2.36. The molecule has 2 rings (SSSR count). The van der Waals surface area contributed by atoms with E-state index in [0.29, 0.717) is 13.1 Å². The molecule has 0 saturated carbocycles. The number of carbonyl (C=O) groups is 1. The second kappa shape index (κ2) is 4.33. The average Bonchev–Trinajstić information content (AvgIpc) is 2.13. The zero-order valence-corrected chi connectivity index (χ0v) is 10.3. The van der Waals surface area contributed by atoms with Crippen molar-refractivity contribution >= 4 is 21.8 Å². The molecular formula is C11H9BrF3NO. The molecular weight excluding hydrogens is 299 g/mol. The summed E-state index contributed by atoms with van der Waals surface area (Å²) in [4.78, 5) is 13.4. The summed E-state index contributed by atoms with van der Waals surface area (Å²) in [5.74, 6) is -0.353. The number of benzene rings is 1. The van der Waals surface area contributed by atoms with E-state index in [4.69, 9.17) is 0 Å². The molecule has 1 aliphatic heterocycles. The third-order valence-corrected chi connectivity index (χ3v) is 3.53. The zero-order chi connectivity index (χ0) is 12.6. The van der Waals surface area contributed by atoms with Gasteiger partial charge in [-0.1, -0.05) is 6.07 Å². The Balaban J connectivity index is 2.38. The molecule has 0 aliphatic carbocycles. The van der Waals surface area contributed by atoms with Gasteiger partial charge in [-0.2, -0.15) is 13.2 Å². The molecule has 1 heterocycles. The van der Waals surface area contributed by atoms with Gasteiger partial charge < -0.3 is 4.90 Å². The fraction of sp³-hybridized carbons (Fsp3) is 0.364. The topological polar surface area (TPSA) is 20.3 Å². The van der Waals surface area contributed by atoms with E-state index in [1.165, 1.54) is 17.0 Å². The van der Waals surface area contributed by atoms with E-state index in [1.54, 1.807) is 0 Å². The van der Waals surface area contributed by atoms with E-state index >= 15 is 0 Å². The van der Waals surface area contributed by atoms with Crippen molar-refractivity contribution in [2.45, 2.75) is 12.6 Å². The molecule has 2 nitrogen and oxygen atoms in total. The first-order valence-electron chi connectivity index (χ1n) is 5.06. The fourth-order valence-electron chi connectivity index (χ4n) is 1.61. The van der Waals surface area contributed by atoms with Crippen molar-refractivity contribution < 1.29 is 18.0 Å². The van der Waals surface area contributed by atoms with Crippen LogP contribution in [0, 0.1) is 0 Å². The molecule has 0 spiro atoms. The van der Waals surface area contributed by atoms with Gasteiger partial charge in [0.25, 0.3) is 5.91 Å². The molecule has 92 valence electrons. The maximum atomic E-state index is 12.6. The minimum Gasteiger partial charge on any atom is -0.338 e. The van der Waals surface area contributed by atoms with E-state index in [-0.39, 0.29) is 15.9 Å². The number of alkyl halides is 3. The van der Waals surface area contributed by atoms with E-state index in [9.17, 15) is 18.0 Å². The smallest absolute Gasteiger partial charge is 0.338 e. The number of likely N-dealkylation sites (tertiary alicyclic amines) is 1. The van der Waals surface area contributed by atoms with Crippen molar-refractivity contribution in [3.8, 4) is 0 Å².